The molecule has 0 fully saturated rings. The van der Waals surface area contributed by atoms with Gasteiger partial charge in [-0.1, -0.05) is 67.6 Å². The van der Waals surface area contributed by atoms with E-state index >= 15 is 0 Å². The first-order chi connectivity index (χ1) is 16.9. The molecule has 0 radical (unpaired) electrons. The number of carbonyl (C=O) groups is 2. The Bertz CT molecular complexity index is 1400. The first-order valence-corrected chi connectivity index (χ1v) is 11.3. The van der Waals surface area contributed by atoms with Crippen molar-refractivity contribution in [2.45, 2.75) is 32.9 Å². The van der Waals surface area contributed by atoms with Crippen LogP contribution in [0.15, 0.2) is 88.1 Å². The number of hydrogen-bond acceptors (Lipinski definition) is 6. The highest BCUT2D eigenvalue weighted by atomic mass is 16.6. The third-order valence-electron chi connectivity index (χ3n) is 5.47. The predicted octanol–water partition coefficient (Wildman–Crippen LogP) is 5.24. The largest absolute Gasteiger partial charge is 0.445 e. The van der Waals surface area contributed by atoms with Crippen LogP contribution in [-0.4, -0.2) is 12.1 Å². The van der Waals surface area contributed by atoms with E-state index in [9.17, 15) is 14.4 Å². The fourth-order valence-electron chi connectivity index (χ4n) is 3.80. The number of fused-ring (bicyclic) bond motifs is 1. The maximum Gasteiger partial charge on any atom is 0.408 e. The first kappa shape index (κ1) is 23.8. The van der Waals surface area contributed by atoms with Crippen LogP contribution >= 0.6 is 0 Å². The van der Waals surface area contributed by atoms with Crippen molar-refractivity contribution < 1.29 is 23.5 Å². The van der Waals surface area contributed by atoms with Gasteiger partial charge in [-0.3, -0.25) is 0 Å². The van der Waals surface area contributed by atoms with Crippen LogP contribution in [0, 0.1) is 6.92 Å². The van der Waals surface area contributed by atoms with E-state index in [0.717, 1.165) is 11.1 Å². The maximum atomic E-state index is 13.4. The summed E-state index contributed by atoms with van der Waals surface area (Å²) in [5.74, 6) is -0.445. The normalized spacial score (nSPS) is 11.6. The molecule has 4 rings (SSSR count). The molecule has 0 bridgehead atoms. The Morgan fingerprint density at radius 1 is 0.971 bits per heavy atom. The fourth-order valence-corrected chi connectivity index (χ4v) is 3.80. The third kappa shape index (κ3) is 5.76. The van der Waals surface area contributed by atoms with E-state index in [1.54, 1.807) is 36.4 Å². The minimum atomic E-state index is -1.11. The lowest BCUT2D eigenvalue weighted by atomic mass is 10.0. The third-order valence-corrected chi connectivity index (χ3v) is 5.47. The molecule has 0 saturated heterocycles. The standard InChI is InChI=1S/C28H25NO6/c1-3-20-16-24(30)34-22-14-18(2)15-23(25(20)22)35-27(31)26(21-12-8-5-9-13-21)29-28(32)33-17-19-10-6-4-7-11-19/h4-16,26H,3,17H2,1-2H3,(H,29,32). The monoisotopic (exact) mass is 471 g/mol. The predicted molar refractivity (Wildman–Crippen MR) is 131 cm³/mol. The van der Waals surface area contributed by atoms with Crippen molar-refractivity contribution in [2.24, 2.45) is 0 Å². The quantitative estimate of drug-likeness (QED) is 0.225. The number of amides is 1. The summed E-state index contributed by atoms with van der Waals surface area (Å²) >= 11 is 0. The van der Waals surface area contributed by atoms with Gasteiger partial charge in [0.2, 0.25) is 0 Å². The van der Waals surface area contributed by atoms with E-state index in [4.69, 9.17) is 13.9 Å². The number of aryl methyl sites for hydroxylation is 2. The summed E-state index contributed by atoms with van der Waals surface area (Å²) in [6, 6.07) is 21.7. The molecule has 7 heteroatoms. The van der Waals surface area contributed by atoms with Crippen LogP contribution in [0.25, 0.3) is 11.0 Å². The Balaban J connectivity index is 1.61. The minimum Gasteiger partial charge on any atom is -0.445 e. The van der Waals surface area contributed by atoms with E-state index in [1.165, 1.54) is 6.07 Å². The average Bonchev–Trinajstić information content (AvgIpc) is 2.86. The Hall–Kier alpha value is -4.39. The average molecular weight is 472 g/mol. The number of esters is 1. The summed E-state index contributed by atoms with van der Waals surface area (Å²) in [6.07, 6.45) is -0.212. The van der Waals surface area contributed by atoms with Crippen LogP contribution < -0.4 is 15.7 Å². The maximum absolute atomic E-state index is 13.4. The smallest absolute Gasteiger partial charge is 0.408 e. The molecule has 4 aromatic rings. The van der Waals surface area contributed by atoms with Crippen LogP contribution in [-0.2, 0) is 22.6 Å². The van der Waals surface area contributed by atoms with Gasteiger partial charge in [0.1, 0.15) is 17.9 Å². The number of hydrogen-bond donors (Lipinski definition) is 1. The Kier molecular flexibility index (Phi) is 7.26. The van der Waals surface area contributed by atoms with Gasteiger partial charge in [0.25, 0.3) is 0 Å². The zero-order chi connectivity index (χ0) is 24.8. The molecule has 0 aliphatic heterocycles. The zero-order valence-corrected chi connectivity index (χ0v) is 19.4. The molecular formula is C28H25NO6. The molecule has 0 aliphatic rings. The van der Waals surface area contributed by atoms with Gasteiger partial charge >= 0.3 is 17.7 Å². The fraction of sp³-hybridized carbons (Fsp3) is 0.179. The summed E-state index contributed by atoms with van der Waals surface area (Å²) < 4.78 is 16.5. The van der Waals surface area contributed by atoms with E-state index < -0.39 is 23.7 Å². The highest BCUT2D eigenvalue weighted by Crippen LogP contribution is 2.31. The van der Waals surface area contributed by atoms with E-state index in [0.29, 0.717) is 28.5 Å². The van der Waals surface area contributed by atoms with Crippen LogP contribution in [0.4, 0.5) is 4.79 Å². The second-order valence-electron chi connectivity index (χ2n) is 8.05. The van der Waals surface area contributed by atoms with Gasteiger partial charge in [0.15, 0.2) is 6.04 Å². The number of carbonyl (C=O) groups excluding carboxylic acids is 2. The van der Waals surface area contributed by atoms with Gasteiger partial charge in [-0.15, -0.1) is 0 Å². The number of rotatable bonds is 7. The van der Waals surface area contributed by atoms with Crippen LogP contribution in [0.2, 0.25) is 0 Å². The molecule has 0 saturated carbocycles. The lowest BCUT2D eigenvalue weighted by Crippen LogP contribution is -2.36. The topological polar surface area (TPSA) is 94.8 Å². The Morgan fingerprint density at radius 2 is 1.66 bits per heavy atom. The number of ether oxygens (including phenoxy) is 2. The van der Waals surface area contributed by atoms with Crippen molar-refractivity contribution >= 4 is 23.0 Å². The summed E-state index contributed by atoms with van der Waals surface area (Å²) in [4.78, 5) is 37.9. The number of nitrogens with one attached hydrogen (secondary N) is 1. The van der Waals surface area contributed by atoms with Crippen LogP contribution in [0.3, 0.4) is 0 Å². The summed E-state index contributed by atoms with van der Waals surface area (Å²) in [6.45, 7) is 3.77. The van der Waals surface area contributed by atoms with Crippen molar-refractivity contribution in [1.82, 2.24) is 5.32 Å². The molecule has 178 valence electrons. The molecule has 1 N–H and O–H groups in total. The second kappa shape index (κ2) is 10.7. The van der Waals surface area contributed by atoms with E-state index in [1.807, 2.05) is 50.2 Å². The summed E-state index contributed by atoms with van der Waals surface area (Å²) in [5, 5.41) is 3.16. The molecule has 3 aromatic carbocycles. The molecule has 1 amide bonds. The molecule has 0 spiro atoms. The first-order valence-electron chi connectivity index (χ1n) is 11.3. The molecule has 7 nitrogen and oxygen atoms in total. The zero-order valence-electron chi connectivity index (χ0n) is 19.4. The molecule has 0 aliphatic carbocycles. The van der Waals surface area contributed by atoms with Crippen molar-refractivity contribution in [3.05, 3.63) is 112 Å². The van der Waals surface area contributed by atoms with Crippen molar-refractivity contribution in [2.75, 3.05) is 0 Å². The molecule has 1 heterocycles. The van der Waals surface area contributed by atoms with Gasteiger partial charge in [-0.25, -0.2) is 14.4 Å². The highest BCUT2D eigenvalue weighted by molar-refractivity contribution is 5.92. The van der Waals surface area contributed by atoms with E-state index in [2.05, 4.69) is 5.32 Å². The summed E-state index contributed by atoms with van der Waals surface area (Å²) in [5.41, 5.74) is 2.68. The highest BCUT2D eigenvalue weighted by Gasteiger charge is 2.27. The minimum absolute atomic E-state index is 0.0602. The van der Waals surface area contributed by atoms with Crippen molar-refractivity contribution in [3.63, 3.8) is 0 Å². The lowest BCUT2D eigenvalue weighted by Gasteiger charge is -2.19. The molecule has 1 unspecified atom stereocenters. The number of benzene rings is 3. The van der Waals surface area contributed by atoms with Gasteiger partial charge in [0, 0.05) is 6.07 Å². The summed E-state index contributed by atoms with van der Waals surface area (Å²) in [7, 11) is 0. The molecule has 1 atom stereocenters. The Labute approximate surface area is 202 Å². The van der Waals surface area contributed by atoms with Gasteiger partial charge in [0.05, 0.1) is 5.39 Å². The Morgan fingerprint density at radius 3 is 2.34 bits per heavy atom. The lowest BCUT2D eigenvalue weighted by molar-refractivity contribution is -0.136. The molecule has 1 aromatic heterocycles. The van der Waals surface area contributed by atoms with Crippen LogP contribution in [0.1, 0.15) is 35.2 Å². The van der Waals surface area contributed by atoms with E-state index in [-0.39, 0.29) is 12.4 Å². The van der Waals surface area contributed by atoms with Crippen molar-refractivity contribution in [3.8, 4) is 5.75 Å². The van der Waals surface area contributed by atoms with Crippen molar-refractivity contribution in [1.29, 1.82) is 0 Å². The van der Waals surface area contributed by atoms with Gasteiger partial charge in [-0.05, 0) is 47.7 Å². The SMILES string of the molecule is CCc1cc(=O)oc2cc(C)cc(OC(=O)C(NC(=O)OCc3ccccc3)c3ccccc3)c12. The second-order valence-corrected chi connectivity index (χ2v) is 8.05. The van der Waals surface area contributed by atoms with Gasteiger partial charge < -0.3 is 19.2 Å². The molecular weight excluding hydrogens is 446 g/mol. The number of alkyl carbamates (subject to hydrolysis) is 1. The molecule has 35 heavy (non-hydrogen) atoms. The van der Waals surface area contributed by atoms with Gasteiger partial charge in [-0.2, -0.15) is 0 Å². The van der Waals surface area contributed by atoms with Crippen LogP contribution in [0.5, 0.6) is 5.75 Å².